The molecule has 0 saturated carbocycles. The highest BCUT2D eigenvalue weighted by molar-refractivity contribution is 5.68. The Bertz CT molecular complexity index is 1400. The number of rotatable bonds is 3. The second kappa shape index (κ2) is 10.7. The number of nitrogens with one attached hydrogen (secondary N) is 1. The Kier molecular flexibility index (Phi) is 7.68. The number of aliphatic hydroxyl groups excluding tert-OH is 1. The molecule has 1 saturated heterocycles. The second-order valence-electron chi connectivity index (χ2n) is 11.6. The minimum absolute atomic E-state index is 0.0108. The number of carbonyl (C=O) groups is 1. The van der Waals surface area contributed by atoms with E-state index in [0.29, 0.717) is 35.7 Å². The van der Waals surface area contributed by atoms with Gasteiger partial charge in [0, 0.05) is 30.3 Å². The summed E-state index contributed by atoms with van der Waals surface area (Å²) >= 11 is 0. The summed E-state index contributed by atoms with van der Waals surface area (Å²) < 4.78 is 11.3. The van der Waals surface area contributed by atoms with Crippen LogP contribution in [0.15, 0.2) is 29.7 Å². The number of allylic oxidation sites excluding steroid dienone is 1. The average molecular weight is 532 g/mol. The largest absolute Gasteiger partial charge is 0.444 e. The van der Waals surface area contributed by atoms with Gasteiger partial charge in [-0.05, 0) is 69.7 Å². The quantitative estimate of drug-likeness (QED) is 0.504. The Morgan fingerprint density at radius 2 is 2.13 bits per heavy atom. The molecule has 0 spiro atoms. The van der Waals surface area contributed by atoms with Crippen LogP contribution in [0.4, 0.5) is 4.79 Å². The lowest BCUT2D eigenvalue weighted by Gasteiger charge is -2.41. The number of benzene rings is 1. The Balaban J connectivity index is 1.76. The fourth-order valence-electron chi connectivity index (χ4n) is 5.62. The third-order valence-electron chi connectivity index (χ3n) is 7.26. The zero-order chi connectivity index (χ0) is 28.5. The summed E-state index contributed by atoms with van der Waals surface area (Å²) in [5.41, 5.74) is 8.72. The summed E-state index contributed by atoms with van der Waals surface area (Å²) in [4.78, 5) is 14.3. The summed E-state index contributed by atoms with van der Waals surface area (Å²) in [6, 6.07) is 7.98. The van der Waals surface area contributed by atoms with Crippen molar-refractivity contribution < 1.29 is 19.4 Å². The molecule has 2 atom stereocenters. The van der Waals surface area contributed by atoms with E-state index in [1.54, 1.807) is 4.90 Å². The molecule has 0 bridgehead atoms. The van der Waals surface area contributed by atoms with Crippen molar-refractivity contribution in [2.24, 2.45) is 17.6 Å². The van der Waals surface area contributed by atoms with E-state index in [0.717, 1.165) is 29.7 Å². The molecule has 1 fully saturated rings. The van der Waals surface area contributed by atoms with Crippen molar-refractivity contribution in [2.45, 2.75) is 72.0 Å². The van der Waals surface area contributed by atoms with Gasteiger partial charge in [-0.15, -0.1) is 5.10 Å². The number of nitrogens with zero attached hydrogens (tertiary/aromatic N) is 3. The number of aromatic nitrogens is 2. The van der Waals surface area contributed by atoms with Gasteiger partial charge in [0.15, 0.2) is 0 Å². The van der Waals surface area contributed by atoms with Gasteiger partial charge in [-0.25, -0.2) is 4.79 Å². The van der Waals surface area contributed by atoms with E-state index in [1.165, 1.54) is 0 Å². The van der Waals surface area contributed by atoms with Crippen molar-refractivity contribution in [3.05, 3.63) is 57.6 Å². The van der Waals surface area contributed by atoms with Gasteiger partial charge in [-0.2, -0.15) is 5.26 Å². The first kappa shape index (κ1) is 28.1. The molecular formula is C30H37N5O4. The van der Waals surface area contributed by atoms with Gasteiger partial charge in [-0.3, -0.25) is 5.10 Å². The minimum atomic E-state index is -0.955. The van der Waals surface area contributed by atoms with Crippen molar-refractivity contribution in [1.82, 2.24) is 15.1 Å². The van der Waals surface area contributed by atoms with Crippen LogP contribution in [0.5, 0.6) is 5.88 Å². The van der Waals surface area contributed by atoms with Gasteiger partial charge in [0.1, 0.15) is 17.2 Å². The van der Waals surface area contributed by atoms with Gasteiger partial charge < -0.3 is 25.2 Å². The third kappa shape index (κ3) is 5.32. The summed E-state index contributed by atoms with van der Waals surface area (Å²) in [7, 11) is 0. The van der Waals surface area contributed by atoms with Gasteiger partial charge in [0.25, 0.3) is 0 Å². The number of fused-ring (bicyclic) bond motifs is 1. The van der Waals surface area contributed by atoms with E-state index in [2.05, 4.69) is 28.1 Å². The molecule has 2 unspecified atom stereocenters. The van der Waals surface area contributed by atoms with Crippen molar-refractivity contribution in [3.63, 3.8) is 0 Å². The van der Waals surface area contributed by atoms with Crippen LogP contribution in [0.1, 0.15) is 75.4 Å². The minimum Gasteiger partial charge on any atom is -0.444 e. The zero-order valence-electron chi connectivity index (χ0n) is 23.5. The summed E-state index contributed by atoms with van der Waals surface area (Å²) in [6.07, 6.45) is 1.40. The van der Waals surface area contributed by atoms with E-state index in [-0.39, 0.29) is 30.4 Å². The third-order valence-corrected chi connectivity index (χ3v) is 7.26. The molecule has 2 aliphatic rings. The molecule has 4 N–H and O–H groups in total. The van der Waals surface area contributed by atoms with Crippen molar-refractivity contribution in [3.8, 4) is 23.8 Å². The Morgan fingerprint density at radius 1 is 1.38 bits per heavy atom. The predicted molar refractivity (Wildman–Crippen MR) is 146 cm³/mol. The number of H-pyrrole nitrogens is 1. The maximum Gasteiger partial charge on any atom is 0.410 e. The number of hydrogen-bond donors (Lipinski definition) is 3. The number of piperidine rings is 1. The molecule has 4 rings (SSSR count). The number of nitriles is 1. The average Bonchev–Trinajstić information content (AvgIpc) is 3.25. The van der Waals surface area contributed by atoms with Crippen molar-refractivity contribution in [1.29, 1.82) is 5.26 Å². The first-order valence-corrected chi connectivity index (χ1v) is 13.3. The number of nitrogens with two attached hydrogens (primary N) is 1. The van der Waals surface area contributed by atoms with E-state index >= 15 is 0 Å². The molecule has 1 aromatic heterocycles. The fourth-order valence-corrected chi connectivity index (χ4v) is 5.62. The van der Waals surface area contributed by atoms with Gasteiger partial charge in [-0.1, -0.05) is 31.8 Å². The number of ether oxygens (including phenoxy) is 2. The van der Waals surface area contributed by atoms with Crippen LogP contribution in [0.2, 0.25) is 0 Å². The van der Waals surface area contributed by atoms with E-state index < -0.39 is 11.0 Å². The van der Waals surface area contributed by atoms with E-state index in [4.69, 9.17) is 15.2 Å². The maximum absolute atomic E-state index is 12.6. The lowest BCUT2D eigenvalue weighted by molar-refractivity contribution is 0.0190. The summed E-state index contributed by atoms with van der Waals surface area (Å²) in [6.45, 7) is 12.5. The molecule has 2 aromatic rings. The number of likely N-dealkylation sites (tertiary alicyclic amines) is 1. The molecule has 39 heavy (non-hydrogen) atoms. The van der Waals surface area contributed by atoms with Gasteiger partial charge in [0.05, 0.1) is 17.6 Å². The molecule has 1 amide bonds. The van der Waals surface area contributed by atoms with E-state index in [9.17, 15) is 15.2 Å². The normalized spacial score (nSPS) is 21.0. The highest BCUT2D eigenvalue weighted by atomic mass is 16.6. The second-order valence-corrected chi connectivity index (χ2v) is 11.6. The number of aliphatic hydroxyl groups is 1. The van der Waals surface area contributed by atoms with Crippen molar-refractivity contribution >= 4 is 6.09 Å². The van der Waals surface area contributed by atoms with Crippen LogP contribution in [0.25, 0.3) is 0 Å². The first-order chi connectivity index (χ1) is 18.4. The summed E-state index contributed by atoms with van der Waals surface area (Å²) in [5, 5.41) is 27.7. The molecule has 3 heterocycles. The zero-order valence-corrected chi connectivity index (χ0v) is 23.5. The maximum atomic E-state index is 12.6. The van der Waals surface area contributed by atoms with Crippen molar-refractivity contribution in [2.75, 3.05) is 13.1 Å². The topological polar surface area (TPSA) is 137 Å². The molecule has 9 nitrogen and oxygen atoms in total. The smallest absolute Gasteiger partial charge is 0.410 e. The van der Waals surface area contributed by atoms with E-state index in [1.807, 2.05) is 59.7 Å². The van der Waals surface area contributed by atoms with Gasteiger partial charge in [0.2, 0.25) is 11.8 Å². The molecule has 9 heteroatoms. The van der Waals surface area contributed by atoms with Crippen LogP contribution in [0.3, 0.4) is 0 Å². The molecule has 0 radical (unpaired) electrons. The van der Waals surface area contributed by atoms with Crippen LogP contribution in [0, 0.1) is 41.9 Å². The Labute approximate surface area is 230 Å². The highest BCUT2D eigenvalue weighted by Gasteiger charge is 2.50. The fraction of sp³-hybridized carbons (Fsp3) is 0.500. The number of hydrogen-bond acceptors (Lipinski definition) is 7. The standard InChI is InChI=1S/C30H37N5O4/c1-18(2)30(24(15-31)26(32)38-27-25(30)19(3)33-34-27)23-13-21(12-22(14-23)17-36)10-9-20-8-7-11-35(16-20)28(37)39-29(4,5)6/h12-14,18,20,36H,7-8,11,16-17,32H2,1-6H3,(H,33,34). The molecule has 206 valence electrons. The van der Waals surface area contributed by atoms with Crippen LogP contribution in [-0.4, -0.2) is 45.0 Å². The monoisotopic (exact) mass is 531 g/mol. The lowest BCUT2D eigenvalue weighted by atomic mass is 9.61. The van der Waals surface area contributed by atoms with Crippen LogP contribution in [-0.2, 0) is 16.8 Å². The first-order valence-electron chi connectivity index (χ1n) is 13.3. The number of aryl methyl sites for hydroxylation is 1. The molecule has 0 aliphatic carbocycles. The Morgan fingerprint density at radius 3 is 2.77 bits per heavy atom. The summed E-state index contributed by atoms with van der Waals surface area (Å²) in [5.74, 6) is 6.85. The van der Waals surface area contributed by atoms with Crippen LogP contribution < -0.4 is 10.5 Å². The lowest BCUT2D eigenvalue weighted by Crippen LogP contribution is -2.42. The molecular weight excluding hydrogens is 494 g/mol. The van der Waals surface area contributed by atoms with Gasteiger partial charge >= 0.3 is 6.09 Å². The number of amides is 1. The number of carbonyl (C=O) groups excluding carboxylic acids is 1. The van der Waals surface area contributed by atoms with Crippen LogP contribution >= 0.6 is 0 Å². The Hall–Kier alpha value is -3.95. The number of aromatic amines is 1. The molecule has 2 aliphatic heterocycles. The predicted octanol–water partition coefficient (Wildman–Crippen LogP) is 4.24. The highest BCUT2D eigenvalue weighted by Crippen LogP contribution is 2.52. The molecule has 1 aromatic carbocycles. The SMILES string of the molecule is Cc1[nH]nc2c1C(c1cc(C#CC3CCCN(C(=O)OC(C)(C)C)C3)cc(CO)c1)(C(C)C)C(C#N)=C(N)O2.